The highest BCUT2D eigenvalue weighted by molar-refractivity contribution is 7.15. The van der Waals surface area contributed by atoms with E-state index in [-0.39, 0.29) is 11.2 Å². The summed E-state index contributed by atoms with van der Waals surface area (Å²) in [7, 11) is 1.57. The molecule has 0 spiro atoms. The summed E-state index contributed by atoms with van der Waals surface area (Å²) in [6.45, 7) is 0.342. The molecule has 4 nitrogen and oxygen atoms in total. The van der Waals surface area contributed by atoms with Crippen LogP contribution in [-0.4, -0.2) is 24.7 Å². The molecule has 1 unspecified atom stereocenters. The van der Waals surface area contributed by atoms with Gasteiger partial charge in [-0.15, -0.1) is 0 Å². The summed E-state index contributed by atoms with van der Waals surface area (Å²) >= 11 is 0.595. The van der Waals surface area contributed by atoms with Crippen molar-refractivity contribution in [3.05, 3.63) is 34.8 Å². The highest BCUT2D eigenvalue weighted by Gasteiger charge is 2.33. The summed E-state index contributed by atoms with van der Waals surface area (Å²) in [5, 5.41) is 3.24. The van der Waals surface area contributed by atoms with Gasteiger partial charge in [0.05, 0.1) is 19.3 Å². The maximum Gasteiger partial charge on any atom is 0.427 e. The van der Waals surface area contributed by atoms with E-state index >= 15 is 0 Å². The van der Waals surface area contributed by atoms with E-state index in [2.05, 4.69) is 10.3 Å². The Morgan fingerprint density at radius 3 is 2.91 bits per heavy atom. The molecule has 0 amide bonds. The molecule has 2 aromatic rings. The summed E-state index contributed by atoms with van der Waals surface area (Å²) in [5.41, 5.74) is 0.954. The lowest BCUT2D eigenvalue weighted by Crippen LogP contribution is -2.33. The summed E-state index contributed by atoms with van der Waals surface area (Å²) in [6.07, 6.45) is -2.89. The molecule has 2 heterocycles. The molecular weight excluding hydrogens is 317 g/mol. The second-order valence-corrected chi connectivity index (χ2v) is 5.86. The molecule has 0 aliphatic carbocycles. The number of hydrogen-bond acceptors (Lipinski definition) is 5. The normalized spacial score (nSPS) is 17.5. The first-order valence-corrected chi connectivity index (χ1v) is 7.37. The van der Waals surface area contributed by atoms with E-state index in [1.54, 1.807) is 7.11 Å². The fourth-order valence-corrected chi connectivity index (χ4v) is 3.05. The summed E-state index contributed by atoms with van der Waals surface area (Å²) < 4.78 is 48.6. The van der Waals surface area contributed by atoms with Crippen molar-refractivity contribution in [3.8, 4) is 11.5 Å². The quantitative estimate of drug-likeness (QED) is 0.934. The molecule has 1 atom stereocenters. The van der Waals surface area contributed by atoms with Gasteiger partial charge in [0, 0.05) is 5.56 Å². The summed E-state index contributed by atoms with van der Waals surface area (Å²) in [6, 6.07) is 5.44. The van der Waals surface area contributed by atoms with Crippen LogP contribution in [0.5, 0.6) is 11.5 Å². The van der Waals surface area contributed by atoms with E-state index in [4.69, 9.17) is 9.47 Å². The molecule has 0 bridgehead atoms. The van der Waals surface area contributed by atoms with Crippen LogP contribution in [0.4, 0.5) is 18.3 Å². The standard InChI is InChI=1S/C14H13F3N2O2S/c1-20-10-4-2-3-8-5-9(7-21-12(8)10)19-13-18-6-11(22-13)14(15,16)17/h2-4,6,9H,5,7H2,1H3,(H,18,19). The van der Waals surface area contributed by atoms with E-state index in [0.717, 1.165) is 11.8 Å². The van der Waals surface area contributed by atoms with Gasteiger partial charge in [-0.05, 0) is 12.5 Å². The predicted molar refractivity (Wildman–Crippen MR) is 76.7 cm³/mol. The number of para-hydroxylation sites is 1. The maximum absolute atomic E-state index is 12.6. The second kappa shape index (κ2) is 5.68. The number of alkyl halides is 3. The molecule has 3 rings (SSSR count). The first-order chi connectivity index (χ1) is 10.5. The number of aromatic nitrogens is 1. The number of hydrogen-bond donors (Lipinski definition) is 1. The van der Waals surface area contributed by atoms with Crippen molar-refractivity contribution in [3.63, 3.8) is 0 Å². The molecule has 1 aromatic carbocycles. The average molecular weight is 330 g/mol. The Morgan fingerprint density at radius 1 is 1.41 bits per heavy atom. The number of nitrogens with one attached hydrogen (secondary N) is 1. The monoisotopic (exact) mass is 330 g/mol. The van der Waals surface area contributed by atoms with Crippen molar-refractivity contribution in [2.75, 3.05) is 19.0 Å². The molecule has 0 radical (unpaired) electrons. The highest BCUT2D eigenvalue weighted by Crippen LogP contribution is 2.37. The lowest BCUT2D eigenvalue weighted by Gasteiger charge is -2.27. The first kappa shape index (κ1) is 15.0. The lowest BCUT2D eigenvalue weighted by atomic mass is 10.0. The van der Waals surface area contributed by atoms with Crippen molar-refractivity contribution in [2.45, 2.75) is 18.6 Å². The van der Waals surface area contributed by atoms with Crippen LogP contribution in [0.15, 0.2) is 24.4 Å². The Bertz CT molecular complexity index is 672. The molecule has 1 aliphatic heterocycles. The van der Waals surface area contributed by atoms with E-state index in [1.165, 1.54) is 0 Å². The third kappa shape index (κ3) is 2.96. The number of fused-ring (bicyclic) bond motifs is 1. The number of methoxy groups -OCH3 is 1. The molecule has 22 heavy (non-hydrogen) atoms. The Morgan fingerprint density at radius 2 is 2.23 bits per heavy atom. The van der Waals surface area contributed by atoms with Crippen LogP contribution in [0.25, 0.3) is 0 Å². The fraction of sp³-hybridized carbons (Fsp3) is 0.357. The number of anilines is 1. The Hall–Kier alpha value is -1.96. The van der Waals surface area contributed by atoms with Gasteiger partial charge in [0.1, 0.15) is 11.5 Å². The van der Waals surface area contributed by atoms with Crippen molar-refractivity contribution >= 4 is 16.5 Å². The number of ether oxygens (including phenoxy) is 2. The van der Waals surface area contributed by atoms with E-state index < -0.39 is 11.1 Å². The molecule has 118 valence electrons. The molecule has 8 heteroatoms. The smallest absolute Gasteiger partial charge is 0.427 e. The number of halogens is 3. The minimum absolute atomic E-state index is 0.133. The van der Waals surface area contributed by atoms with Crippen LogP contribution in [0.3, 0.4) is 0 Å². The molecule has 0 saturated carbocycles. The third-order valence-electron chi connectivity index (χ3n) is 3.29. The average Bonchev–Trinajstić information content (AvgIpc) is 2.95. The van der Waals surface area contributed by atoms with Gasteiger partial charge in [-0.25, -0.2) is 4.98 Å². The molecular formula is C14H13F3N2O2S. The molecule has 0 saturated heterocycles. The molecule has 1 aliphatic rings. The van der Waals surface area contributed by atoms with Gasteiger partial charge in [0.2, 0.25) is 0 Å². The van der Waals surface area contributed by atoms with Crippen molar-refractivity contribution in [2.24, 2.45) is 0 Å². The molecule has 1 N–H and O–H groups in total. The Labute approximate surface area is 128 Å². The first-order valence-electron chi connectivity index (χ1n) is 6.55. The predicted octanol–water partition coefficient (Wildman–Crippen LogP) is 3.59. The topological polar surface area (TPSA) is 43.4 Å². The number of rotatable bonds is 3. The number of thiazole rings is 1. The fourth-order valence-electron chi connectivity index (χ4n) is 2.29. The van der Waals surface area contributed by atoms with Gasteiger partial charge in [0.15, 0.2) is 16.6 Å². The zero-order valence-electron chi connectivity index (χ0n) is 11.6. The van der Waals surface area contributed by atoms with Crippen LogP contribution in [-0.2, 0) is 12.6 Å². The SMILES string of the molecule is COc1cccc2c1OCC(Nc1ncc(C(F)(F)F)s1)C2. The summed E-state index contributed by atoms with van der Waals surface area (Å²) in [4.78, 5) is 3.06. The minimum Gasteiger partial charge on any atom is -0.493 e. The molecule has 1 aromatic heterocycles. The Kier molecular flexibility index (Phi) is 3.86. The minimum atomic E-state index is -4.36. The summed E-state index contributed by atoms with van der Waals surface area (Å²) in [5.74, 6) is 1.35. The van der Waals surface area contributed by atoms with Crippen molar-refractivity contribution < 1.29 is 22.6 Å². The second-order valence-electron chi connectivity index (χ2n) is 4.83. The zero-order valence-corrected chi connectivity index (χ0v) is 12.4. The number of benzene rings is 1. The highest BCUT2D eigenvalue weighted by atomic mass is 32.1. The zero-order chi connectivity index (χ0) is 15.7. The van der Waals surface area contributed by atoms with Crippen molar-refractivity contribution in [1.82, 2.24) is 4.98 Å². The van der Waals surface area contributed by atoms with Crippen LogP contribution in [0.1, 0.15) is 10.4 Å². The van der Waals surface area contributed by atoms with Crippen LogP contribution < -0.4 is 14.8 Å². The van der Waals surface area contributed by atoms with E-state index in [0.29, 0.717) is 35.9 Å². The van der Waals surface area contributed by atoms with Crippen molar-refractivity contribution in [1.29, 1.82) is 0 Å². The van der Waals surface area contributed by atoms with Gasteiger partial charge in [0.25, 0.3) is 0 Å². The molecule has 0 fully saturated rings. The largest absolute Gasteiger partial charge is 0.493 e. The van der Waals surface area contributed by atoms with Gasteiger partial charge in [-0.3, -0.25) is 0 Å². The van der Waals surface area contributed by atoms with Crippen LogP contribution >= 0.6 is 11.3 Å². The van der Waals surface area contributed by atoms with Gasteiger partial charge >= 0.3 is 6.18 Å². The Balaban J connectivity index is 1.72. The van der Waals surface area contributed by atoms with Crippen LogP contribution in [0, 0.1) is 0 Å². The number of nitrogens with zero attached hydrogens (tertiary/aromatic N) is 1. The van der Waals surface area contributed by atoms with E-state index in [9.17, 15) is 13.2 Å². The van der Waals surface area contributed by atoms with Crippen LogP contribution in [0.2, 0.25) is 0 Å². The third-order valence-corrected chi connectivity index (χ3v) is 4.26. The van der Waals surface area contributed by atoms with Gasteiger partial charge in [-0.1, -0.05) is 23.5 Å². The lowest BCUT2D eigenvalue weighted by molar-refractivity contribution is -0.134. The van der Waals surface area contributed by atoms with Gasteiger partial charge in [-0.2, -0.15) is 13.2 Å². The maximum atomic E-state index is 12.6. The van der Waals surface area contributed by atoms with E-state index in [1.807, 2.05) is 18.2 Å². The van der Waals surface area contributed by atoms with Gasteiger partial charge < -0.3 is 14.8 Å².